The zero-order chi connectivity index (χ0) is 39.0. The van der Waals surface area contributed by atoms with Gasteiger partial charge >= 0.3 is 0 Å². The highest BCUT2D eigenvalue weighted by Crippen LogP contribution is 2.31. The molecule has 6 heterocycles. The Kier molecular flexibility index (Phi) is 9.92. The molecular weight excluding hydrogens is 753 g/mol. The van der Waals surface area contributed by atoms with Crippen LogP contribution in [0.15, 0.2) is 96.2 Å². The number of H-pyrrole nitrogens is 1. The van der Waals surface area contributed by atoms with Crippen LogP contribution in [0.3, 0.4) is 0 Å². The third kappa shape index (κ3) is 7.12. The predicted molar refractivity (Wildman–Crippen MR) is 230 cm³/mol. The van der Waals surface area contributed by atoms with E-state index in [1.54, 1.807) is 36.9 Å². The molecule has 286 valence electrons. The molecule has 0 unspecified atom stereocenters. The van der Waals surface area contributed by atoms with E-state index in [1.807, 2.05) is 35.0 Å². The van der Waals surface area contributed by atoms with Gasteiger partial charge in [-0.2, -0.15) is 0 Å². The highest BCUT2D eigenvalue weighted by atomic mass is 32.1. The second kappa shape index (κ2) is 15.5. The van der Waals surface area contributed by atoms with Crippen LogP contribution in [0.4, 0.5) is 0 Å². The first kappa shape index (κ1) is 36.6. The van der Waals surface area contributed by atoms with Gasteiger partial charge in [-0.1, -0.05) is 12.1 Å². The fourth-order valence-electron chi connectivity index (χ4n) is 7.11. The van der Waals surface area contributed by atoms with E-state index in [-0.39, 0.29) is 0 Å². The fourth-order valence-corrected chi connectivity index (χ4v) is 8.43. The number of thiazole rings is 2. The molecule has 0 saturated heterocycles. The predicted octanol–water partition coefficient (Wildman–Crippen LogP) is 9.33. The molecule has 0 radical (unpaired) electrons. The Morgan fingerprint density at radius 3 is 1.82 bits per heavy atom. The van der Waals surface area contributed by atoms with Crippen molar-refractivity contribution in [3.63, 3.8) is 0 Å². The molecule has 10 rings (SSSR count). The maximum absolute atomic E-state index is 5.34. The molecule has 0 aliphatic rings. The Hall–Kier alpha value is -6.06. The molecule has 1 N–H and O–H groups in total. The van der Waals surface area contributed by atoms with Gasteiger partial charge in [0.05, 0.1) is 72.9 Å². The van der Waals surface area contributed by atoms with Gasteiger partial charge in [0.15, 0.2) is 11.6 Å². The lowest BCUT2D eigenvalue weighted by Gasteiger charge is -2.07. The van der Waals surface area contributed by atoms with Gasteiger partial charge in [-0.25, -0.2) is 29.9 Å². The molecule has 4 aromatic carbocycles. The van der Waals surface area contributed by atoms with Crippen LogP contribution >= 0.6 is 22.7 Å². The summed E-state index contributed by atoms with van der Waals surface area (Å²) < 4.78 is 19.4. The molecule has 12 nitrogen and oxygen atoms in total. The summed E-state index contributed by atoms with van der Waals surface area (Å²) in [6.45, 7) is 6.88. The highest BCUT2D eigenvalue weighted by molar-refractivity contribution is 7.17. The monoisotopic (exact) mass is 792 g/mol. The quantitative estimate of drug-likeness (QED) is 0.145. The van der Waals surface area contributed by atoms with Crippen LogP contribution in [-0.4, -0.2) is 76.0 Å². The lowest BCUT2D eigenvalue weighted by molar-refractivity contribution is 0.188. The second-order valence-electron chi connectivity index (χ2n) is 13.9. The standard InChI is InChI=1S/C22H21N5OS.C21H19N5OS/c1-14-4-6-16-19(10-14)27(8-9-28-3)22(24-16)18-12-26(2)21(25-18)15-5-7-20-17(11-15)23-13-29-20;1-13-3-5-15-18(9-13)26(7-8-27-2)21(25-15)17-11-22-20(24-17)14-4-6-19-16(10-14)23-12-28-19/h4-7,10-13H,8-9H2,1-3H3;3-6,9-12H,7-8H2,1-2H3,(H,22,24). The topological polar surface area (TPSA) is 126 Å². The van der Waals surface area contributed by atoms with Gasteiger partial charge < -0.3 is 28.2 Å². The van der Waals surface area contributed by atoms with Crippen LogP contribution in [0.1, 0.15) is 11.1 Å². The number of ether oxygens (including phenoxy) is 2. The minimum absolute atomic E-state index is 0.618. The van der Waals surface area contributed by atoms with Gasteiger partial charge in [0.25, 0.3) is 0 Å². The number of benzene rings is 4. The number of aryl methyl sites for hydroxylation is 3. The molecule has 0 aliphatic carbocycles. The largest absolute Gasteiger partial charge is 0.383 e. The molecule has 0 bridgehead atoms. The molecule has 0 saturated carbocycles. The summed E-state index contributed by atoms with van der Waals surface area (Å²) in [6, 6.07) is 25.1. The van der Waals surface area contributed by atoms with Gasteiger partial charge in [-0.15, -0.1) is 22.7 Å². The Balaban J connectivity index is 0.000000148. The van der Waals surface area contributed by atoms with E-state index in [2.05, 4.69) is 116 Å². The molecule has 0 spiro atoms. The Morgan fingerprint density at radius 2 is 1.19 bits per heavy atom. The number of aromatic amines is 1. The van der Waals surface area contributed by atoms with Crippen molar-refractivity contribution in [1.29, 1.82) is 0 Å². The van der Waals surface area contributed by atoms with Gasteiger partial charge in [0.1, 0.15) is 23.0 Å². The maximum Gasteiger partial charge on any atom is 0.161 e. The van der Waals surface area contributed by atoms with E-state index in [1.165, 1.54) is 20.5 Å². The van der Waals surface area contributed by atoms with Crippen LogP contribution in [0.25, 0.3) is 88.3 Å². The third-order valence-corrected chi connectivity index (χ3v) is 11.6. The van der Waals surface area contributed by atoms with Crippen LogP contribution in [-0.2, 0) is 29.6 Å². The van der Waals surface area contributed by atoms with E-state index in [0.29, 0.717) is 13.2 Å². The molecule has 57 heavy (non-hydrogen) atoms. The average molecular weight is 793 g/mol. The maximum atomic E-state index is 5.34. The summed E-state index contributed by atoms with van der Waals surface area (Å²) in [5.41, 5.74) is 16.1. The number of rotatable bonds is 10. The Morgan fingerprint density at radius 1 is 0.614 bits per heavy atom. The second-order valence-corrected chi connectivity index (χ2v) is 15.7. The van der Waals surface area contributed by atoms with Crippen LogP contribution in [0.2, 0.25) is 0 Å². The number of fused-ring (bicyclic) bond motifs is 4. The van der Waals surface area contributed by atoms with Crippen molar-refractivity contribution in [1.82, 2.24) is 48.6 Å². The number of nitrogens with one attached hydrogen (secondary N) is 1. The normalized spacial score (nSPS) is 11.7. The summed E-state index contributed by atoms with van der Waals surface area (Å²) in [5.74, 6) is 3.44. The first-order valence-corrected chi connectivity index (χ1v) is 20.3. The SMILES string of the molecule is COCCn1c(-c2cn(C)c(-c3ccc4scnc4c3)n2)nc2ccc(C)cc21.COCCn1c(-c2cnc(-c3ccc4scnc4c3)[nH]2)nc2ccc(C)cc21. The van der Waals surface area contributed by atoms with Crippen LogP contribution < -0.4 is 0 Å². The van der Waals surface area contributed by atoms with E-state index in [9.17, 15) is 0 Å². The fraction of sp³-hybridized carbons (Fsp3) is 0.209. The molecule has 6 aromatic heterocycles. The number of nitrogens with zero attached hydrogens (tertiary/aromatic N) is 9. The summed E-state index contributed by atoms with van der Waals surface area (Å²) in [6.07, 6.45) is 3.88. The van der Waals surface area contributed by atoms with E-state index in [0.717, 1.165) is 92.0 Å². The van der Waals surface area contributed by atoms with Gasteiger partial charge in [0, 0.05) is 51.7 Å². The molecule has 0 fully saturated rings. The average Bonchev–Trinajstić information content (AvgIpc) is 4.08. The molecule has 0 amide bonds. The van der Waals surface area contributed by atoms with Gasteiger partial charge in [-0.05, 0) is 85.6 Å². The zero-order valence-electron chi connectivity index (χ0n) is 32.2. The number of hydrogen-bond donors (Lipinski definition) is 1. The lowest BCUT2D eigenvalue weighted by Crippen LogP contribution is -2.06. The van der Waals surface area contributed by atoms with E-state index in [4.69, 9.17) is 24.4 Å². The molecule has 14 heteroatoms. The number of aromatic nitrogens is 10. The number of methoxy groups -OCH3 is 2. The summed E-state index contributed by atoms with van der Waals surface area (Å²) >= 11 is 3.29. The Bertz CT molecular complexity index is 3020. The van der Waals surface area contributed by atoms with Crippen molar-refractivity contribution in [3.8, 4) is 45.8 Å². The molecule has 0 atom stereocenters. The van der Waals surface area contributed by atoms with Crippen molar-refractivity contribution >= 4 is 65.2 Å². The smallest absolute Gasteiger partial charge is 0.161 e. The Labute approximate surface area is 336 Å². The van der Waals surface area contributed by atoms with Crippen LogP contribution in [0, 0.1) is 13.8 Å². The van der Waals surface area contributed by atoms with E-state index >= 15 is 0 Å². The van der Waals surface area contributed by atoms with Crippen molar-refractivity contribution < 1.29 is 9.47 Å². The lowest BCUT2D eigenvalue weighted by atomic mass is 10.2. The molecule has 10 aromatic rings. The van der Waals surface area contributed by atoms with Gasteiger partial charge in [0.2, 0.25) is 0 Å². The summed E-state index contributed by atoms with van der Waals surface area (Å²) in [5, 5.41) is 0. The number of hydrogen-bond acceptors (Lipinski definition) is 10. The minimum atomic E-state index is 0.618. The van der Waals surface area contributed by atoms with Crippen molar-refractivity contribution in [2.45, 2.75) is 26.9 Å². The minimum Gasteiger partial charge on any atom is -0.383 e. The third-order valence-electron chi connectivity index (χ3n) is 9.96. The van der Waals surface area contributed by atoms with E-state index < -0.39 is 0 Å². The molecule has 0 aliphatic heterocycles. The summed E-state index contributed by atoms with van der Waals surface area (Å²) in [7, 11) is 5.45. The van der Waals surface area contributed by atoms with Crippen molar-refractivity contribution in [2.24, 2.45) is 7.05 Å². The van der Waals surface area contributed by atoms with Crippen molar-refractivity contribution in [2.75, 3.05) is 27.4 Å². The number of imidazole rings is 4. The van der Waals surface area contributed by atoms with Crippen molar-refractivity contribution in [3.05, 3.63) is 107 Å². The first-order valence-electron chi connectivity index (χ1n) is 18.5. The first-order chi connectivity index (χ1) is 27.9. The van der Waals surface area contributed by atoms with Gasteiger partial charge in [-0.3, -0.25) is 0 Å². The summed E-state index contributed by atoms with van der Waals surface area (Å²) in [4.78, 5) is 31.6. The van der Waals surface area contributed by atoms with Crippen LogP contribution in [0.5, 0.6) is 0 Å². The highest BCUT2D eigenvalue weighted by Gasteiger charge is 2.19. The zero-order valence-corrected chi connectivity index (χ0v) is 33.9. The molecular formula is C43H40N10O2S2.